The van der Waals surface area contributed by atoms with E-state index in [4.69, 9.17) is 10.5 Å². The molecule has 0 aromatic rings. The Kier molecular flexibility index (Phi) is 9.26. The van der Waals surface area contributed by atoms with Crippen LogP contribution in [-0.2, 0) is 20.2 Å². The summed E-state index contributed by atoms with van der Waals surface area (Å²) in [4.78, 5) is -3.52. The molecule has 15 heavy (non-hydrogen) atoms. The summed E-state index contributed by atoms with van der Waals surface area (Å²) < 4.78 is 60.8. The molecule has 0 heterocycles. The molecule has 0 spiro atoms. The summed E-state index contributed by atoms with van der Waals surface area (Å²) in [7, 11) is -10.9. The van der Waals surface area contributed by atoms with Crippen molar-refractivity contribution < 1.29 is 90.2 Å². The van der Waals surface area contributed by atoms with E-state index in [0.29, 0.717) is 0 Å². The van der Waals surface area contributed by atoms with Crippen LogP contribution in [0.4, 0.5) is 0 Å². The first-order valence-corrected chi connectivity index (χ1v) is 5.45. The molecule has 1 atom stereocenters. The van der Waals surface area contributed by atoms with Crippen LogP contribution in [0.5, 0.6) is 0 Å². The molecular formula is C3H5NNa2O7S2. The van der Waals surface area contributed by atoms with Crippen LogP contribution >= 0.6 is 0 Å². The smallest absolute Gasteiger partial charge is 0.745 e. The van der Waals surface area contributed by atoms with E-state index in [-0.39, 0.29) is 66.0 Å². The van der Waals surface area contributed by atoms with Crippen molar-refractivity contribution in [2.24, 2.45) is 0 Å². The van der Waals surface area contributed by atoms with Crippen LogP contribution in [0.3, 0.4) is 0 Å². The van der Waals surface area contributed by atoms with Gasteiger partial charge >= 0.3 is 59.1 Å². The molecule has 0 aromatic carbocycles. The number of nitrogens with one attached hydrogen (secondary N) is 1. The van der Waals surface area contributed by atoms with Crippen LogP contribution in [0.15, 0.2) is 0 Å². The summed E-state index contributed by atoms with van der Waals surface area (Å²) in [5, 5.41) is 13.1. The second-order valence-electron chi connectivity index (χ2n) is 2.22. The van der Waals surface area contributed by atoms with Crippen molar-refractivity contribution >= 4 is 25.3 Å². The van der Waals surface area contributed by atoms with Crippen molar-refractivity contribution in [2.75, 3.05) is 0 Å². The first kappa shape index (κ1) is 21.7. The minimum Gasteiger partial charge on any atom is -0.745 e. The van der Waals surface area contributed by atoms with Gasteiger partial charge in [-0.1, -0.05) is 0 Å². The minimum absolute atomic E-state index is 0. The van der Waals surface area contributed by atoms with Gasteiger partial charge in [-0.3, -0.25) is 5.41 Å². The zero-order valence-corrected chi connectivity index (χ0v) is 13.8. The van der Waals surface area contributed by atoms with Crippen molar-refractivity contribution in [3.63, 3.8) is 0 Å². The van der Waals surface area contributed by atoms with Crippen LogP contribution in [0.1, 0.15) is 6.92 Å². The zero-order chi connectivity index (χ0) is 11.1. The van der Waals surface area contributed by atoms with Crippen molar-refractivity contribution in [1.29, 1.82) is 5.41 Å². The third-order valence-corrected chi connectivity index (χ3v) is 3.36. The van der Waals surface area contributed by atoms with Crippen LogP contribution in [-0.4, -0.2) is 41.0 Å². The molecule has 2 N–H and O–H groups in total. The molecule has 8 nitrogen and oxygen atoms in total. The Morgan fingerprint density at radius 3 is 1.53 bits per heavy atom. The van der Waals surface area contributed by atoms with Crippen molar-refractivity contribution in [3.05, 3.63) is 0 Å². The topological polar surface area (TPSA) is 158 Å². The molecule has 0 saturated heterocycles. The average molecular weight is 277 g/mol. The predicted molar refractivity (Wildman–Crippen MR) is 37.7 cm³/mol. The molecular weight excluding hydrogens is 272 g/mol. The Hall–Kier alpha value is 1.45. The number of aliphatic hydroxyl groups is 1. The van der Waals surface area contributed by atoms with Crippen molar-refractivity contribution in [1.82, 2.24) is 0 Å². The monoisotopic (exact) mass is 277 g/mol. The summed E-state index contributed by atoms with van der Waals surface area (Å²) in [5.41, 5.74) is 0. The molecule has 0 amide bonds. The van der Waals surface area contributed by atoms with E-state index in [1.165, 1.54) is 0 Å². The van der Waals surface area contributed by atoms with Gasteiger partial charge in [0.05, 0.1) is 0 Å². The normalized spacial score (nSPS) is 15.5. The fourth-order valence-corrected chi connectivity index (χ4v) is 1.65. The van der Waals surface area contributed by atoms with E-state index in [9.17, 15) is 25.9 Å². The Balaban J connectivity index is -0.000000720. The molecule has 0 radical (unpaired) electrons. The van der Waals surface area contributed by atoms with Gasteiger partial charge in [-0.05, 0) is 6.92 Å². The minimum atomic E-state index is -5.48. The molecule has 1 unspecified atom stereocenters. The van der Waals surface area contributed by atoms with E-state index in [2.05, 4.69) is 0 Å². The van der Waals surface area contributed by atoms with Crippen LogP contribution in [0, 0.1) is 5.41 Å². The number of hydrogen-bond acceptors (Lipinski definition) is 8. The molecule has 0 saturated carbocycles. The van der Waals surface area contributed by atoms with Gasteiger partial charge in [-0.2, -0.15) is 0 Å². The Bertz CT molecular complexity index is 423. The first-order valence-electron chi connectivity index (χ1n) is 2.63. The van der Waals surface area contributed by atoms with E-state index in [0.717, 1.165) is 0 Å². The Morgan fingerprint density at radius 2 is 1.47 bits per heavy atom. The maximum absolute atomic E-state index is 10.2. The first-order chi connectivity index (χ1) is 5.40. The Morgan fingerprint density at radius 1 is 1.20 bits per heavy atom. The van der Waals surface area contributed by atoms with E-state index in [1.54, 1.807) is 0 Å². The van der Waals surface area contributed by atoms with Gasteiger partial charge in [0.15, 0.2) is 5.04 Å². The third-order valence-electron chi connectivity index (χ3n) is 1.16. The molecule has 0 rings (SSSR count). The van der Waals surface area contributed by atoms with Gasteiger partial charge in [0, 0.05) is 0 Å². The fraction of sp³-hybridized carbons (Fsp3) is 0.667. The van der Waals surface area contributed by atoms with E-state index < -0.39 is 30.2 Å². The fourth-order valence-electron chi connectivity index (χ4n) is 0.345. The maximum Gasteiger partial charge on any atom is 1.00 e. The van der Waals surface area contributed by atoms with Crippen LogP contribution < -0.4 is 59.1 Å². The quantitative estimate of drug-likeness (QED) is 0.219. The second kappa shape index (κ2) is 6.40. The number of rotatable bonds is 2. The van der Waals surface area contributed by atoms with E-state index in [1.807, 2.05) is 0 Å². The molecule has 12 heteroatoms. The number of hydrogen-bond donors (Lipinski definition) is 2. The van der Waals surface area contributed by atoms with Crippen LogP contribution in [0.25, 0.3) is 0 Å². The SMILES string of the molecule is CC(O)(C(=N)S(=O)(=O)[O-])S(=O)(=O)[O-].[Na+].[Na+]. The van der Waals surface area contributed by atoms with E-state index >= 15 is 0 Å². The largest absolute Gasteiger partial charge is 1.00 e. The average Bonchev–Trinajstić information content (AvgIpc) is 1.81. The molecule has 0 fully saturated rings. The molecule has 78 valence electrons. The molecule has 0 aliphatic rings. The third kappa shape index (κ3) is 5.55. The molecule has 0 aliphatic carbocycles. The summed E-state index contributed by atoms with van der Waals surface area (Å²) in [5.74, 6) is 0. The van der Waals surface area contributed by atoms with Crippen molar-refractivity contribution in [2.45, 2.75) is 11.9 Å². The zero-order valence-electron chi connectivity index (χ0n) is 8.21. The van der Waals surface area contributed by atoms with Crippen LogP contribution in [0.2, 0.25) is 0 Å². The second-order valence-corrected chi connectivity index (χ2v) is 5.24. The van der Waals surface area contributed by atoms with Gasteiger partial charge < -0.3 is 14.2 Å². The summed E-state index contributed by atoms with van der Waals surface area (Å²) in [6.07, 6.45) is 0. The molecule has 0 aliphatic heterocycles. The Labute approximate surface area is 131 Å². The maximum atomic E-state index is 10.2. The summed E-state index contributed by atoms with van der Waals surface area (Å²) in [6.45, 7) is 0.243. The van der Waals surface area contributed by atoms with Crippen molar-refractivity contribution in [3.8, 4) is 0 Å². The summed E-state index contributed by atoms with van der Waals surface area (Å²) >= 11 is 0. The van der Waals surface area contributed by atoms with Gasteiger partial charge in [0.25, 0.3) is 0 Å². The van der Waals surface area contributed by atoms with Gasteiger partial charge in [0.1, 0.15) is 20.2 Å². The van der Waals surface area contributed by atoms with Gasteiger partial charge in [-0.25, -0.2) is 16.8 Å². The van der Waals surface area contributed by atoms with Gasteiger partial charge in [0.2, 0.25) is 4.93 Å². The summed E-state index contributed by atoms with van der Waals surface area (Å²) in [6, 6.07) is 0. The predicted octanol–water partition coefficient (Wildman–Crippen LogP) is -8.23. The standard InChI is InChI=1S/C3H7NO7S2.2Na/c1-3(5,13(9,10)11)2(4)12(6,7)8;;/h4-5H,1H3,(H,6,7,8)(H,9,10,11);;/q;2*+1/p-2. The molecule has 0 aromatic heterocycles. The van der Waals surface area contributed by atoms with Gasteiger partial charge in [-0.15, -0.1) is 0 Å². The molecule has 0 bridgehead atoms.